The summed E-state index contributed by atoms with van der Waals surface area (Å²) in [5.74, 6) is 1.11. The van der Waals surface area contributed by atoms with E-state index in [2.05, 4.69) is 59.8 Å². The lowest BCUT2D eigenvalue weighted by Crippen LogP contribution is -2.17. The van der Waals surface area contributed by atoms with Gasteiger partial charge in [0.05, 0.1) is 5.25 Å². The summed E-state index contributed by atoms with van der Waals surface area (Å²) in [5.41, 5.74) is 2.55. The van der Waals surface area contributed by atoms with Crippen molar-refractivity contribution in [1.29, 1.82) is 0 Å². The highest BCUT2D eigenvalue weighted by atomic mass is 32.2. The molecule has 1 atom stereocenters. The van der Waals surface area contributed by atoms with Crippen molar-refractivity contribution in [3.05, 3.63) is 29.8 Å². The Labute approximate surface area is 167 Å². The molecule has 0 radical (unpaired) electrons. The van der Waals surface area contributed by atoms with Crippen LogP contribution in [-0.2, 0) is 10.2 Å². The molecule has 1 aromatic heterocycles. The lowest BCUT2D eigenvalue weighted by molar-refractivity contribution is -0.116. The Bertz CT molecular complexity index is 783. The van der Waals surface area contributed by atoms with Gasteiger partial charge in [0, 0.05) is 11.6 Å². The van der Waals surface area contributed by atoms with Crippen LogP contribution in [0.1, 0.15) is 78.3 Å². The first-order chi connectivity index (χ1) is 12.8. The van der Waals surface area contributed by atoms with Gasteiger partial charge >= 0.3 is 0 Å². The highest BCUT2D eigenvalue weighted by Gasteiger charge is 2.26. The average Bonchev–Trinajstić information content (AvgIpc) is 3.05. The SMILES string of the molecule is CC(=O)C(C)Sc1nnc(-c2ccc(C(C)(C)C)cc2)n1C1CCCCC1. The fourth-order valence-corrected chi connectivity index (χ4v) is 4.50. The Morgan fingerprint density at radius 1 is 1.11 bits per heavy atom. The Morgan fingerprint density at radius 2 is 1.74 bits per heavy atom. The molecule has 4 nitrogen and oxygen atoms in total. The summed E-state index contributed by atoms with van der Waals surface area (Å²) in [6, 6.07) is 9.13. The number of aromatic nitrogens is 3. The van der Waals surface area contributed by atoms with Crippen LogP contribution in [0.4, 0.5) is 0 Å². The smallest absolute Gasteiger partial charge is 0.192 e. The number of benzene rings is 1. The van der Waals surface area contributed by atoms with Crippen molar-refractivity contribution < 1.29 is 4.79 Å². The van der Waals surface area contributed by atoms with E-state index in [0.29, 0.717) is 6.04 Å². The number of rotatable bonds is 5. The minimum Gasteiger partial charge on any atom is -0.299 e. The lowest BCUT2D eigenvalue weighted by Gasteiger charge is -2.26. The third kappa shape index (κ3) is 4.63. The van der Waals surface area contributed by atoms with Gasteiger partial charge in [-0.05, 0) is 37.7 Å². The molecule has 1 unspecified atom stereocenters. The highest BCUT2D eigenvalue weighted by Crippen LogP contribution is 2.37. The van der Waals surface area contributed by atoms with Gasteiger partial charge in [-0.25, -0.2) is 0 Å². The van der Waals surface area contributed by atoms with Crippen molar-refractivity contribution >= 4 is 17.5 Å². The third-order valence-corrected chi connectivity index (χ3v) is 6.64. The standard InChI is InChI=1S/C22H31N3OS/c1-15(26)16(2)27-21-24-23-20(25(21)19-9-7-6-8-10-19)17-11-13-18(14-12-17)22(3,4)5/h11-14,16,19H,6-10H2,1-5H3. The van der Waals surface area contributed by atoms with E-state index in [0.717, 1.165) is 29.4 Å². The van der Waals surface area contributed by atoms with Crippen molar-refractivity contribution in [3.63, 3.8) is 0 Å². The highest BCUT2D eigenvalue weighted by molar-refractivity contribution is 8.00. The molecule has 27 heavy (non-hydrogen) atoms. The van der Waals surface area contributed by atoms with E-state index in [1.54, 1.807) is 6.92 Å². The van der Waals surface area contributed by atoms with Gasteiger partial charge in [0.15, 0.2) is 11.0 Å². The molecule has 0 bridgehead atoms. The third-order valence-electron chi connectivity index (χ3n) is 5.47. The molecular weight excluding hydrogens is 354 g/mol. The summed E-state index contributed by atoms with van der Waals surface area (Å²) in [5, 5.41) is 9.80. The molecule has 1 aliphatic rings. The minimum absolute atomic E-state index is 0.104. The van der Waals surface area contributed by atoms with E-state index in [-0.39, 0.29) is 16.4 Å². The van der Waals surface area contributed by atoms with Gasteiger partial charge in [-0.15, -0.1) is 10.2 Å². The number of thioether (sulfide) groups is 1. The average molecular weight is 386 g/mol. The van der Waals surface area contributed by atoms with Gasteiger partial charge in [-0.3, -0.25) is 9.36 Å². The summed E-state index contributed by atoms with van der Waals surface area (Å²) in [6.45, 7) is 10.3. The minimum atomic E-state index is -0.104. The Balaban J connectivity index is 1.99. The second kappa shape index (κ2) is 8.17. The van der Waals surface area contributed by atoms with Crippen LogP contribution in [0.15, 0.2) is 29.4 Å². The molecule has 0 N–H and O–H groups in total. The van der Waals surface area contributed by atoms with Gasteiger partial charge in [0.25, 0.3) is 0 Å². The van der Waals surface area contributed by atoms with Crippen molar-refractivity contribution in [3.8, 4) is 11.4 Å². The number of carbonyl (C=O) groups is 1. The van der Waals surface area contributed by atoms with Crippen LogP contribution in [-0.4, -0.2) is 25.8 Å². The zero-order chi connectivity index (χ0) is 19.6. The maximum atomic E-state index is 11.8. The van der Waals surface area contributed by atoms with E-state index in [1.807, 2.05) is 6.92 Å². The van der Waals surface area contributed by atoms with Gasteiger partial charge in [-0.1, -0.05) is 76.1 Å². The van der Waals surface area contributed by atoms with Crippen LogP contribution in [0.2, 0.25) is 0 Å². The largest absolute Gasteiger partial charge is 0.299 e. The molecule has 1 aliphatic carbocycles. The van der Waals surface area contributed by atoms with Crippen molar-refractivity contribution in [2.45, 2.75) is 88.6 Å². The quantitative estimate of drug-likeness (QED) is 0.609. The molecule has 0 aliphatic heterocycles. The molecule has 1 fully saturated rings. The van der Waals surface area contributed by atoms with Crippen molar-refractivity contribution in [1.82, 2.24) is 14.8 Å². The first-order valence-electron chi connectivity index (χ1n) is 10.0. The van der Waals surface area contributed by atoms with E-state index < -0.39 is 0 Å². The second-order valence-corrected chi connectivity index (χ2v) is 9.97. The first-order valence-corrected chi connectivity index (χ1v) is 10.9. The number of Topliss-reactive ketones (excluding diaryl/α,β-unsaturated/α-hetero) is 1. The predicted octanol–water partition coefficient (Wildman–Crippen LogP) is 5.82. The summed E-state index contributed by atoms with van der Waals surface area (Å²) in [4.78, 5) is 11.8. The summed E-state index contributed by atoms with van der Waals surface area (Å²) < 4.78 is 2.30. The van der Waals surface area contributed by atoms with E-state index >= 15 is 0 Å². The molecule has 146 valence electrons. The summed E-state index contributed by atoms with van der Waals surface area (Å²) in [6.07, 6.45) is 6.12. The first kappa shape index (κ1) is 20.1. The van der Waals surface area contributed by atoms with Gasteiger partial charge in [0.1, 0.15) is 5.78 Å². The van der Waals surface area contributed by atoms with Crippen LogP contribution in [0, 0.1) is 0 Å². The molecule has 0 saturated heterocycles. The second-order valence-electron chi connectivity index (χ2n) is 8.67. The van der Waals surface area contributed by atoms with Gasteiger partial charge in [-0.2, -0.15) is 0 Å². The molecule has 3 rings (SSSR count). The normalized spacial score (nSPS) is 17.1. The Morgan fingerprint density at radius 3 is 2.30 bits per heavy atom. The molecular formula is C22H31N3OS. The van der Waals surface area contributed by atoms with Gasteiger partial charge in [0.2, 0.25) is 0 Å². The molecule has 1 saturated carbocycles. The maximum absolute atomic E-state index is 11.8. The summed E-state index contributed by atoms with van der Waals surface area (Å²) in [7, 11) is 0. The molecule has 1 heterocycles. The number of hydrogen-bond donors (Lipinski definition) is 0. The van der Waals surface area contributed by atoms with Crippen LogP contribution in [0.25, 0.3) is 11.4 Å². The predicted molar refractivity (Wildman–Crippen MR) is 112 cm³/mol. The maximum Gasteiger partial charge on any atom is 0.192 e. The van der Waals surface area contributed by atoms with E-state index in [1.165, 1.54) is 36.6 Å². The lowest BCUT2D eigenvalue weighted by atomic mass is 9.86. The summed E-state index contributed by atoms with van der Waals surface area (Å²) >= 11 is 1.53. The zero-order valence-electron chi connectivity index (χ0n) is 17.2. The van der Waals surface area contributed by atoms with Crippen LogP contribution in [0.3, 0.4) is 0 Å². The molecule has 2 aromatic rings. The molecule has 0 amide bonds. The van der Waals surface area contributed by atoms with Crippen LogP contribution in [0.5, 0.6) is 0 Å². The fourth-order valence-electron chi connectivity index (χ4n) is 3.58. The number of carbonyl (C=O) groups excluding carboxylic acids is 1. The van der Waals surface area contributed by atoms with Gasteiger partial charge < -0.3 is 0 Å². The fraction of sp³-hybridized carbons (Fsp3) is 0.591. The topological polar surface area (TPSA) is 47.8 Å². The Hall–Kier alpha value is -1.62. The number of ketones is 1. The van der Waals surface area contributed by atoms with Crippen LogP contribution >= 0.6 is 11.8 Å². The molecule has 1 aromatic carbocycles. The molecule has 5 heteroatoms. The van der Waals surface area contributed by atoms with Crippen molar-refractivity contribution in [2.75, 3.05) is 0 Å². The zero-order valence-corrected chi connectivity index (χ0v) is 18.0. The number of nitrogens with zero attached hydrogens (tertiary/aromatic N) is 3. The number of hydrogen-bond acceptors (Lipinski definition) is 4. The van der Waals surface area contributed by atoms with E-state index in [4.69, 9.17) is 0 Å². The molecule has 0 spiro atoms. The van der Waals surface area contributed by atoms with Crippen molar-refractivity contribution in [2.24, 2.45) is 0 Å². The van der Waals surface area contributed by atoms with E-state index in [9.17, 15) is 4.79 Å². The Kier molecular flexibility index (Phi) is 6.09. The monoisotopic (exact) mass is 385 g/mol. The van der Waals surface area contributed by atoms with Crippen LogP contribution < -0.4 is 0 Å².